The van der Waals surface area contributed by atoms with E-state index in [1.807, 2.05) is 0 Å². The number of halogens is 4. The molecule has 3 aromatic heterocycles. The maximum atomic E-state index is 14.3. The minimum absolute atomic E-state index is 0.00500. The van der Waals surface area contributed by atoms with Gasteiger partial charge in [-0.05, 0) is 12.1 Å². The van der Waals surface area contributed by atoms with E-state index in [9.17, 15) is 13.9 Å². The fourth-order valence-corrected chi connectivity index (χ4v) is 3.25. The van der Waals surface area contributed by atoms with E-state index in [2.05, 4.69) is 25.4 Å². The Morgan fingerprint density at radius 1 is 1.07 bits per heavy atom. The van der Waals surface area contributed by atoms with Crippen LogP contribution in [0.2, 0.25) is 10.0 Å². The summed E-state index contributed by atoms with van der Waals surface area (Å²) >= 11 is 12.2. The Labute approximate surface area is 166 Å². The number of anilines is 2. The van der Waals surface area contributed by atoms with Crippen molar-refractivity contribution in [2.75, 3.05) is 5.32 Å². The minimum atomic E-state index is -0.660. The van der Waals surface area contributed by atoms with Gasteiger partial charge in [0.25, 0.3) is 0 Å². The van der Waals surface area contributed by atoms with Crippen LogP contribution in [-0.2, 0) is 6.61 Å². The lowest BCUT2D eigenvalue weighted by Crippen LogP contribution is -2.00. The van der Waals surface area contributed by atoms with Crippen molar-refractivity contribution in [1.82, 2.24) is 24.7 Å². The quantitative estimate of drug-likeness (QED) is 0.515. The molecule has 0 aliphatic heterocycles. The molecule has 0 spiro atoms. The van der Waals surface area contributed by atoms with Gasteiger partial charge in [0.1, 0.15) is 35.0 Å². The number of nitrogens with one attached hydrogen (secondary N) is 1. The Bertz CT molecular complexity index is 1180. The first-order valence-electron chi connectivity index (χ1n) is 7.84. The summed E-state index contributed by atoms with van der Waals surface area (Å²) in [7, 11) is 0. The Morgan fingerprint density at radius 2 is 1.82 bits per heavy atom. The SMILES string of the molecule is OCc1cc(Nc2ncc(F)c3nn(-c4c(Cl)cc(F)cc4Cl)cc23)ncn1. The largest absolute Gasteiger partial charge is 0.390 e. The second kappa shape index (κ2) is 7.27. The van der Waals surface area contributed by atoms with Crippen LogP contribution in [0.25, 0.3) is 16.6 Å². The highest BCUT2D eigenvalue weighted by atomic mass is 35.5. The van der Waals surface area contributed by atoms with Crippen LogP contribution in [0.5, 0.6) is 0 Å². The molecule has 1 aromatic carbocycles. The highest BCUT2D eigenvalue weighted by molar-refractivity contribution is 6.37. The van der Waals surface area contributed by atoms with Gasteiger partial charge in [-0.2, -0.15) is 5.10 Å². The summed E-state index contributed by atoms with van der Waals surface area (Å²) in [5.41, 5.74) is 0.609. The zero-order chi connectivity index (χ0) is 19.8. The maximum Gasteiger partial charge on any atom is 0.169 e. The molecule has 0 fully saturated rings. The van der Waals surface area contributed by atoms with E-state index < -0.39 is 11.6 Å². The van der Waals surface area contributed by atoms with Crippen molar-refractivity contribution in [1.29, 1.82) is 0 Å². The normalized spacial score (nSPS) is 11.2. The van der Waals surface area contributed by atoms with Crippen LogP contribution < -0.4 is 5.32 Å². The number of aliphatic hydroxyl groups excluding tert-OH is 1. The van der Waals surface area contributed by atoms with E-state index in [1.54, 1.807) is 0 Å². The van der Waals surface area contributed by atoms with Crippen LogP contribution in [0.3, 0.4) is 0 Å². The second-order valence-electron chi connectivity index (χ2n) is 5.69. The number of benzene rings is 1. The average Bonchev–Trinajstić information content (AvgIpc) is 3.09. The first-order valence-corrected chi connectivity index (χ1v) is 8.59. The predicted molar refractivity (Wildman–Crippen MR) is 100 cm³/mol. The summed E-state index contributed by atoms with van der Waals surface area (Å²) in [6.07, 6.45) is 3.74. The standard InChI is InChI=1S/C17H10Cl2F2N6O/c18-11-1-8(20)2-12(19)16(11)27-5-10-15(26-27)13(21)4-22-17(10)25-14-3-9(6-28)23-7-24-14/h1-5,7,28H,6H2,(H,22,23,24,25). The van der Waals surface area contributed by atoms with Crippen molar-refractivity contribution in [3.63, 3.8) is 0 Å². The molecule has 3 heterocycles. The molecule has 142 valence electrons. The molecule has 0 saturated carbocycles. The average molecular weight is 423 g/mol. The summed E-state index contributed by atoms with van der Waals surface area (Å²) in [6.45, 7) is -0.261. The van der Waals surface area contributed by atoms with Crippen molar-refractivity contribution in [2.24, 2.45) is 0 Å². The monoisotopic (exact) mass is 422 g/mol. The molecular formula is C17H10Cl2F2N6O. The van der Waals surface area contributed by atoms with Gasteiger partial charge in [-0.1, -0.05) is 23.2 Å². The van der Waals surface area contributed by atoms with E-state index in [1.165, 1.54) is 23.3 Å². The van der Waals surface area contributed by atoms with Crippen LogP contribution >= 0.6 is 23.2 Å². The Balaban J connectivity index is 1.83. The van der Waals surface area contributed by atoms with Gasteiger partial charge >= 0.3 is 0 Å². The molecule has 2 N–H and O–H groups in total. The molecule has 11 heteroatoms. The molecule has 0 unspecified atom stereocenters. The molecule has 28 heavy (non-hydrogen) atoms. The number of aromatic nitrogens is 5. The fraction of sp³-hybridized carbons (Fsp3) is 0.0588. The lowest BCUT2D eigenvalue weighted by Gasteiger charge is -2.07. The van der Waals surface area contributed by atoms with Gasteiger partial charge < -0.3 is 10.4 Å². The van der Waals surface area contributed by atoms with Crippen LogP contribution in [0.4, 0.5) is 20.4 Å². The number of nitrogens with zero attached hydrogens (tertiary/aromatic N) is 5. The molecule has 0 atom stereocenters. The van der Waals surface area contributed by atoms with Gasteiger partial charge in [-0.25, -0.2) is 28.4 Å². The van der Waals surface area contributed by atoms with Crippen molar-refractivity contribution in [3.8, 4) is 5.69 Å². The van der Waals surface area contributed by atoms with Crippen LogP contribution in [0.15, 0.2) is 36.9 Å². The number of hydrogen-bond acceptors (Lipinski definition) is 6. The third kappa shape index (κ3) is 3.35. The summed E-state index contributed by atoms with van der Waals surface area (Å²) in [5.74, 6) is -0.647. The van der Waals surface area contributed by atoms with E-state index in [-0.39, 0.29) is 33.7 Å². The summed E-state index contributed by atoms with van der Waals surface area (Å²) in [4.78, 5) is 12.0. The van der Waals surface area contributed by atoms with Gasteiger partial charge in [0.2, 0.25) is 0 Å². The van der Waals surface area contributed by atoms with E-state index in [0.29, 0.717) is 16.9 Å². The number of hydrogen-bond donors (Lipinski definition) is 2. The van der Waals surface area contributed by atoms with Crippen molar-refractivity contribution < 1.29 is 13.9 Å². The molecule has 7 nitrogen and oxygen atoms in total. The van der Waals surface area contributed by atoms with Gasteiger partial charge in [0, 0.05) is 12.3 Å². The van der Waals surface area contributed by atoms with Crippen LogP contribution in [0, 0.1) is 11.6 Å². The Hall–Kier alpha value is -2.88. The van der Waals surface area contributed by atoms with Gasteiger partial charge in [-0.15, -0.1) is 0 Å². The first-order chi connectivity index (χ1) is 13.5. The van der Waals surface area contributed by atoms with Crippen molar-refractivity contribution in [2.45, 2.75) is 6.61 Å². The summed E-state index contributed by atoms with van der Waals surface area (Å²) < 4.78 is 29.0. The molecule has 0 aliphatic carbocycles. The molecule has 0 bridgehead atoms. The third-order valence-electron chi connectivity index (χ3n) is 3.85. The topological polar surface area (TPSA) is 88.8 Å². The summed E-state index contributed by atoms with van der Waals surface area (Å²) in [6, 6.07) is 3.69. The van der Waals surface area contributed by atoms with E-state index >= 15 is 0 Å². The molecule has 0 aliphatic rings. The lowest BCUT2D eigenvalue weighted by molar-refractivity contribution is 0.276. The number of rotatable bonds is 4. The highest BCUT2D eigenvalue weighted by Gasteiger charge is 2.17. The number of aliphatic hydroxyl groups is 1. The van der Waals surface area contributed by atoms with Crippen LogP contribution in [-0.4, -0.2) is 29.8 Å². The fourth-order valence-electron chi connectivity index (χ4n) is 2.62. The van der Waals surface area contributed by atoms with Gasteiger partial charge in [-0.3, -0.25) is 0 Å². The lowest BCUT2D eigenvalue weighted by atomic mass is 10.3. The van der Waals surface area contributed by atoms with Crippen molar-refractivity contribution >= 4 is 45.7 Å². The number of pyridine rings is 1. The van der Waals surface area contributed by atoms with Crippen molar-refractivity contribution in [3.05, 3.63) is 64.3 Å². The number of fused-ring (bicyclic) bond motifs is 1. The predicted octanol–water partition coefficient (Wildman–Crippen LogP) is 4.03. The molecule has 0 radical (unpaired) electrons. The zero-order valence-electron chi connectivity index (χ0n) is 13.9. The second-order valence-corrected chi connectivity index (χ2v) is 6.50. The zero-order valence-corrected chi connectivity index (χ0v) is 15.4. The molecule has 4 aromatic rings. The third-order valence-corrected chi connectivity index (χ3v) is 4.42. The maximum absolute atomic E-state index is 14.3. The van der Waals surface area contributed by atoms with E-state index in [0.717, 1.165) is 18.3 Å². The summed E-state index contributed by atoms with van der Waals surface area (Å²) in [5, 5.41) is 16.6. The molecule has 0 amide bonds. The highest BCUT2D eigenvalue weighted by Crippen LogP contribution is 2.32. The molecule has 0 saturated heterocycles. The van der Waals surface area contributed by atoms with Gasteiger partial charge in [0.15, 0.2) is 5.82 Å². The molecular weight excluding hydrogens is 413 g/mol. The Morgan fingerprint density at radius 3 is 2.54 bits per heavy atom. The first kappa shape index (κ1) is 18.5. The van der Waals surface area contributed by atoms with Crippen LogP contribution in [0.1, 0.15) is 5.69 Å². The Kier molecular flexibility index (Phi) is 4.80. The van der Waals surface area contributed by atoms with E-state index in [4.69, 9.17) is 23.2 Å². The molecule has 4 rings (SSSR count). The van der Waals surface area contributed by atoms with Gasteiger partial charge in [0.05, 0.1) is 33.9 Å². The minimum Gasteiger partial charge on any atom is -0.390 e. The smallest absolute Gasteiger partial charge is 0.169 e.